The van der Waals surface area contributed by atoms with Crippen molar-refractivity contribution in [3.63, 3.8) is 0 Å². The zero-order valence-corrected chi connectivity index (χ0v) is 5.70. The fourth-order valence-corrected chi connectivity index (χ4v) is 0.631. The molecular formula is C6H12O3. The first-order valence-corrected chi connectivity index (χ1v) is 2.94. The summed E-state index contributed by atoms with van der Waals surface area (Å²) in [5.41, 5.74) is 0. The molecule has 2 atom stereocenters. The normalized spacial score (nSPS) is 16.3. The maximum Gasteiger partial charge on any atom is 0.293 e. The van der Waals surface area contributed by atoms with Crippen LogP contribution in [0.2, 0.25) is 0 Å². The van der Waals surface area contributed by atoms with Gasteiger partial charge in [0.25, 0.3) is 6.47 Å². The third-order valence-corrected chi connectivity index (χ3v) is 0.961. The molecule has 0 heterocycles. The second-order valence-corrected chi connectivity index (χ2v) is 2.13. The Morgan fingerprint density at radius 3 is 2.56 bits per heavy atom. The highest BCUT2D eigenvalue weighted by atomic mass is 16.5. The lowest BCUT2D eigenvalue weighted by Crippen LogP contribution is -2.14. The van der Waals surface area contributed by atoms with Crippen molar-refractivity contribution in [3.05, 3.63) is 0 Å². The first-order chi connectivity index (χ1) is 4.16. The van der Waals surface area contributed by atoms with Gasteiger partial charge in [-0.1, -0.05) is 0 Å². The van der Waals surface area contributed by atoms with Crippen LogP contribution in [-0.2, 0) is 9.53 Å². The maximum absolute atomic E-state index is 9.69. The maximum atomic E-state index is 9.69. The van der Waals surface area contributed by atoms with Crippen LogP contribution in [0.25, 0.3) is 0 Å². The van der Waals surface area contributed by atoms with E-state index < -0.39 is 6.10 Å². The van der Waals surface area contributed by atoms with Gasteiger partial charge in [0.15, 0.2) is 0 Å². The molecule has 0 aliphatic carbocycles. The van der Waals surface area contributed by atoms with Gasteiger partial charge < -0.3 is 9.84 Å². The molecule has 0 fully saturated rings. The third kappa shape index (κ3) is 5.30. The van der Waals surface area contributed by atoms with Gasteiger partial charge in [-0.15, -0.1) is 0 Å². The monoisotopic (exact) mass is 132 g/mol. The minimum absolute atomic E-state index is 0.178. The SMILES string of the molecule is CC(O)CC(C)OC=O. The van der Waals surface area contributed by atoms with E-state index in [4.69, 9.17) is 5.11 Å². The summed E-state index contributed by atoms with van der Waals surface area (Å²) in [7, 11) is 0. The van der Waals surface area contributed by atoms with Crippen LogP contribution in [-0.4, -0.2) is 23.8 Å². The van der Waals surface area contributed by atoms with E-state index in [1.165, 1.54) is 0 Å². The molecule has 0 saturated heterocycles. The van der Waals surface area contributed by atoms with Crippen LogP contribution in [0, 0.1) is 0 Å². The van der Waals surface area contributed by atoms with E-state index in [0.29, 0.717) is 12.9 Å². The number of rotatable bonds is 4. The van der Waals surface area contributed by atoms with Gasteiger partial charge in [-0.25, -0.2) is 0 Å². The number of aliphatic hydroxyl groups excluding tert-OH is 1. The average molecular weight is 132 g/mol. The molecular weight excluding hydrogens is 120 g/mol. The summed E-state index contributed by atoms with van der Waals surface area (Å²) in [4.78, 5) is 9.69. The van der Waals surface area contributed by atoms with Gasteiger partial charge in [0.05, 0.1) is 6.10 Å². The Labute approximate surface area is 54.6 Å². The molecule has 9 heavy (non-hydrogen) atoms. The zero-order chi connectivity index (χ0) is 7.28. The fraction of sp³-hybridized carbons (Fsp3) is 0.833. The number of ether oxygens (including phenoxy) is 1. The molecule has 0 saturated carbocycles. The highest BCUT2D eigenvalue weighted by Crippen LogP contribution is 1.98. The Balaban J connectivity index is 3.25. The van der Waals surface area contributed by atoms with Crippen LogP contribution in [0.3, 0.4) is 0 Å². The van der Waals surface area contributed by atoms with Crippen molar-refractivity contribution in [3.8, 4) is 0 Å². The van der Waals surface area contributed by atoms with E-state index in [-0.39, 0.29) is 6.10 Å². The summed E-state index contributed by atoms with van der Waals surface area (Å²) in [6.45, 7) is 3.79. The van der Waals surface area contributed by atoms with Crippen LogP contribution in [0.4, 0.5) is 0 Å². The molecule has 0 radical (unpaired) electrons. The van der Waals surface area contributed by atoms with Crippen molar-refractivity contribution in [2.75, 3.05) is 0 Å². The first-order valence-electron chi connectivity index (χ1n) is 2.94. The van der Waals surface area contributed by atoms with Crippen LogP contribution in [0.5, 0.6) is 0 Å². The van der Waals surface area contributed by atoms with Crippen molar-refractivity contribution in [2.24, 2.45) is 0 Å². The zero-order valence-electron chi connectivity index (χ0n) is 5.70. The average Bonchev–Trinajstić information content (AvgIpc) is 1.63. The summed E-state index contributed by atoms with van der Waals surface area (Å²) >= 11 is 0. The van der Waals surface area contributed by atoms with Crippen molar-refractivity contribution in [1.29, 1.82) is 0 Å². The highest BCUT2D eigenvalue weighted by Gasteiger charge is 2.04. The molecule has 54 valence electrons. The summed E-state index contributed by atoms with van der Waals surface area (Å²) < 4.78 is 4.51. The van der Waals surface area contributed by atoms with E-state index in [1.807, 2.05) is 0 Å². The lowest BCUT2D eigenvalue weighted by Gasteiger charge is -2.09. The molecule has 0 aliphatic rings. The number of hydrogen-bond acceptors (Lipinski definition) is 3. The molecule has 0 bridgehead atoms. The summed E-state index contributed by atoms with van der Waals surface area (Å²) in [6.07, 6.45) is -0.0823. The molecule has 0 aromatic heterocycles. The van der Waals surface area contributed by atoms with Gasteiger partial charge in [0.1, 0.15) is 6.10 Å². The van der Waals surface area contributed by atoms with Crippen molar-refractivity contribution in [1.82, 2.24) is 0 Å². The lowest BCUT2D eigenvalue weighted by atomic mass is 10.2. The highest BCUT2D eigenvalue weighted by molar-refractivity contribution is 5.37. The minimum atomic E-state index is -0.403. The Bertz CT molecular complexity index is 80.4. The second-order valence-electron chi connectivity index (χ2n) is 2.13. The number of aliphatic hydroxyl groups is 1. The molecule has 0 aromatic rings. The first kappa shape index (κ1) is 8.43. The molecule has 3 nitrogen and oxygen atoms in total. The Kier molecular flexibility index (Phi) is 4.05. The standard InChI is InChI=1S/C6H12O3/c1-5(8)3-6(2)9-4-7/h4-6,8H,3H2,1-2H3. The fourth-order valence-electron chi connectivity index (χ4n) is 0.631. The van der Waals surface area contributed by atoms with Crippen LogP contribution >= 0.6 is 0 Å². The Morgan fingerprint density at radius 2 is 2.22 bits per heavy atom. The predicted octanol–water partition coefficient (Wildman–Crippen LogP) is 0.319. The van der Waals surface area contributed by atoms with E-state index in [9.17, 15) is 4.79 Å². The molecule has 0 amide bonds. The molecule has 0 aromatic carbocycles. The minimum Gasteiger partial charge on any atom is -0.465 e. The Morgan fingerprint density at radius 1 is 1.67 bits per heavy atom. The number of carbonyl (C=O) groups is 1. The largest absolute Gasteiger partial charge is 0.465 e. The topological polar surface area (TPSA) is 46.5 Å². The van der Waals surface area contributed by atoms with Crippen molar-refractivity contribution < 1.29 is 14.6 Å². The molecule has 0 spiro atoms. The van der Waals surface area contributed by atoms with E-state index in [2.05, 4.69) is 4.74 Å². The number of hydrogen-bond donors (Lipinski definition) is 1. The molecule has 0 aliphatic heterocycles. The van der Waals surface area contributed by atoms with Crippen molar-refractivity contribution in [2.45, 2.75) is 32.5 Å². The van der Waals surface area contributed by atoms with Gasteiger partial charge >= 0.3 is 0 Å². The van der Waals surface area contributed by atoms with Crippen LogP contribution in [0.1, 0.15) is 20.3 Å². The van der Waals surface area contributed by atoms with Gasteiger partial charge in [-0.05, 0) is 13.8 Å². The van der Waals surface area contributed by atoms with E-state index in [1.54, 1.807) is 13.8 Å². The second kappa shape index (κ2) is 4.32. The smallest absolute Gasteiger partial charge is 0.293 e. The third-order valence-electron chi connectivity index (χ3n) is 0.961. The van der Waals surface area contributed by atoms with E-state index >= 15 is 0 Å². The summed E-state index contributed by atoms with van der Waals surface area (Å²) in [6, 6.07) is 0. The van der Waals surface area contributed by atoms with Gasteiger partial charge in [0, 0.05) is 6.42 Å². The van der Waals surface area contributed by atoms with Gasteiger partial charge in [0.2, 0.25) is 0 Å². The van der Waals surface area contributed by atoms with Gasteiger partial charge in [-0.3, -0.25) is 4.79 Å². The molecule has 1 N–H and O–H groups in total. The number of carbonyl (C=O) groups excluding carboxylic acids is 1. The van der Waals surface area contributed by atoms with Crippen LogP contribution in [0.15, 0.2) is 0 Å². The molecule has 3 heteroatoms. The van der Waals surface area contributed by atoms with Gasteiger partial charge in [-0.2, -0.15) is 0 Å². The summed E-state index contributed by atoms with van der Waals surface area (Å²) in [5, 5.41) is 8.75. The Hall–Kier alpha value is -0.570. The van der Waals surface area contributed by atoms with E-state index in [0.717, 1.165) is 0 Å². The van der Waals surface area contributed by atoms with Crippen molar-refractivity contribution >= 4 is 6.47 Å². The lowest BCUT2D eigenvalue weighted by molar-refractivity contribution is -0.133. The quantitative estimate of drug-likeness (QED) is 0.560. The molecule has 2 unspecified atom stereocenters. The molecule has 0 rings (SSSR count). The summed E-state index contributed by atoms with van der Waals surface area (Å²) in [5.74, 6) is 0. The predicted molar refractivity (Wildman–Crippen MR) is 32.9 cm³/mol. The van der Waals surface area contributed by atoms with Crippen LogP contribution < -0.4 is 0 Å².